The average Bonchev–Trinajstić information content (AvgIpc) is 2.54. The van der Waals surface area contributed by atoms with Gasteiger partial charge in [-0.3, -0.25) is 14.4 Å². The van der Waals surface area contributed by atoms with Gasteiger partial charge in [0.05, 0.1) is 13.0 Å². The number of ketones is 1. The van der Waals surface area contributed by atoms with Crippen LogP contribution in [0.4, 0.5) is 5.69 Å². The smallest absolute Gasteiger partial charge is 0.243 e. The van der Waals surface area contributed by atoms with Crippen LogP contribution >= 0.6 is 0 Å². The number of nitrogens with one attached hydrogen (secondary N) is 2. The van der Waals surface area contributed by atoms with Gasteiger partial charge in [-0.1, -0.05) is 30.3 Å². The van der Waals surface area contributed by atoms with Crippen molar-refractivity contribution in [2.45, 2.75) is 13.3 Å². The molecule has 0 unspecified atom stereocenters. The SMILES string of the molecule is CC(=O)c1ccc(NC(=O)CNC(=O)Cc2ccccc2)cc1. The zero-order valence-corrected chi connectivity index (χ0v) is 12.8. The molecule has 2 aromatic rings. The Kier molecular flexibility index (Phi) is 5.63. The fourth-order valence-corrected chi connectivity index (χ4v) is 2.02. The summed E-state index contributed by atoms with van der Waals surface area (Å²) >= 11 is 0. The molecule has 5 heteroatoms. The molecule has 0 spiro atoms. The maximum absolute atomic E-state index is 11.8. The van der Waals surface area contributed by atoms with Gasteiger partial charge in [0.1, 0.15) is 0 Å². The first-order valence-electron chi connectivity index (χ1n) is 7.26. The van der Waals surface area contributed by atoms with E-state index >= 15 is 0 Å². The van der Waals surface area contributed by atoms with Crippen LogP contribution in [0.2, 0.25) is 0 Å². The molecule has 0 saturated heterocycles. The normalized spacial score (nSPS) is 9.96. The molecule has 0 aliphatic heterocycles. The zero-order valence-electron chi connectivity index (χ0n) is 12.8. The molecule has 0 fully saturated rings. The molecule has 2 amide bonds. The fraction of sp³-hybridized carbons (Fsp3) is 0.167. The van der Waals surface area contributed by atoms with Crippen molar-refractivity contribution >= 4 is 23.3 Å². The molecule has 0 bridgehead atoms. The van der Waals surface area contributed by atoms with Crippen LogP contribution in [0.5, 0.6) is 0 Å². The predicted molar refractivity (Wildman–Crippen MR) is 88.2 cm³/mol. The molecule has 5 nitrogen and oxygen atoms in total. The average molecular weight is 310 g/mol. The lowest BCUT2D eigenvalue weighted by Crippen LogP contribution is -2.33. The molecule has 118 valence electrons. The lowest BCUT2D eigenvalue weighted by molar-refractivity contribution is -0.123. The monoisotopic (exact) mass is 310 g/mol. The van der Waals surface area contributed by atoms with Gasteiger partial charge in [-0.25, -0.2) is 0 Å². The van der Waals surface area contributed by atoms with Crippen LogP contribution in [0.15, 0.2) is 54.6 Å². The highest BCUT2D eigenvalue weighted by molar-refractivity contribution is 5.97. The van der Waals surface area contributed by atoms with Crippen molar-refractivity contribution < 1.29 is 14.4 Å². The van der Waals surface area contributed by atoms with Crippen LogP contribution < -0.4 is 10.6 Å². The van der Waals surface area contributed by atoms with Gasteiger partial charge in [-0.05, 0) is 36.8 Å². The highest BCUT2D eigenvalue weighted by Crippen LogP contribution is 2.09. The van der Waals surface area contributed by atoms with Crippen LogP contribution in [-0.4, -0.2) is 24.1 Å². The third kappa shape index (κ3) is 5.39. The second-order valence-corrected chi connectivity index (χ2v) is 5.12. The summed E-state index contributed by atoms with van der Waals surface area (Å²) in [5, 5.41) is 5.24. The van der Waals surface area contributed by atoms with Crippen LogP contribution in [0, 0.1) is 0 Å². The molecule has 0 saturated carbocycles. The highest BCUT2D eigenvalue weighted by Gasteiger charge is 2.07. The lowest BCUT2D eigenvalue weighted by atomic mass is 10.1. The molecule has 0 heterocycles. The van der Waals surface area contributed by atoms with Crippen LogP contribution in [0.3, 0.4) is 0 Å². The number of Topliss-reactive ketones (excluding diaryl/α,β-unsaturated/α-hetero) is 1. The maximum atomic E-state index is 11.8. The minimum Gasteiger partial charge on any atom is -0.347 e. The Labute approximate surface area is 134 Å². The highest BCUT2D eigenvalue weighted by atomic mass is 16.2. The molecule has 0 aromatic heterocycles. The Balaban J connectivity index is 1.78. The number of hydrogen-bond acceptors (Lipinski definition) is 3. The third-order valence-corrected chi connectivity index (χ3v) is 3.23. The number of hydrogen-bond donors (Lipinski definition) is 2. The summed E-state index contributed by atoms with van der Waals surface area (Å²) in [6, 6.07) is 15.9. The number of amides is 2. The van der Waals surface area contributed by atoms with Gasteiger partial charge in [0.15, 0.2) is 5.78 Å². The third-order valence-electron chi connectivity index (χ3n) is 3.23. The molecular formula is C18H18N2O3. The number of carbonyl (C=O) groups is 3. The minimum absolute atomic E-state index is 0.0314. The molecule has 0 radical (unpaired) electrons. The van der Waals surface area contributed by atoms with Gasteiger partial charge in [-0.2, -0.15) is 0 Å². The Morgan fingerprint density at radius 1 is 0.870 bits per heavy atom. The number of rotatable bonds is 6. The topological polar surface area (TPSA) is 75.3 Å². The summed E-state index contributed by atoms with van der Waals surface area (Å²) < 4.78 is 0. The van der Waals surface area contributed by atoms with Crippen LogP contribution in [0.25, 0.3) is 0 Å². The first kappa shape index (κ1) is 16.4. The maximum Gasteiger partial charge on any atom is 0.243 e. The number of benzene rings is 2. The van der Waals surface area contributed by atoms with Crippen molar-refractivity contribution in [1.29, 1.82) is 0 Å². The van der Waals surface area contributed by atoms with Gasteiger partial charge in [0.25, 0.3) is 0 Å². The summed E-state index contributed by atoms with van der Waals surface area (Å²) in [5.74, 6) is -0.559. The Morgan fingerprint density at radius 2 is 1.52 bits per heavy atom. The van der Waals surface area contributed by atoms with Crippen LogP contribution in [-0.2, 0) is 16.0 Å². The van der Waals surface area contributed by atoms with E-state index in [1.165, 1.54) is 6.92 Å². The van der Waals surface area contributed by atoms with E-state index in [0.717, 1.165) is 5.56 Å². The number of carbonyl (C=O) groups excluding carboxylic acids is 3. The Bertz CT molecular complexity index is 694. The largest absolute Gasteiger partial charge is 0.347 e. The molecule has 2 N–H and O–H groups in total. The quantitative estimate of drug-likeness (QED) is 0.803. The van der Waals surface area contributed by atoms with Crippen molar-refractivity contribution in [2.75, 3.05) is 11.9 Å². The van der Waals surface area contributed by atoms with E-state index in [9.17, 15) is 14.4 Å². The first-order chi connectivity index (χ1) is 11.0. The van der Waals surface area contributed by atoms with Crippen LogP contribution in [0.1, 0.15) is 22.8 Å². The molecule has 23 heavy (non-hydrogen) atoms. The van der Waals surface area contributed by atoms with Crippen molar-refractivity contribution in [2.24, 2.45) is 0 Å². The van der Waals surface area contributed by atoms with E-state index in [2.05, 4.69) is 10.6 Å². The van der Waals surface area contributed by atoms with Crippen molar-refractivity contribution in [3.05, 3.63) is 65.7 Å². The fourth-order valence-electron chi connectivity index (χ4n) is 2.02. The van der Waals surface area contributed by atoms with E-state index in [1.54, 1.807) is 24.3 Å². The van der Waals surface area contributed by atoms with Crippen molar-refractivity contribution in [3.63, 3.8) is 0 Å². The van der Waals surface area contributed by atoms with Gasteiger partial charge < -0.3 is 10.6 Å². The zero-order chi connectivity index (χ0) is 16.7. The van der Waals surface area contributed by atoms with Crippen molar-refractivity contribution in [1.82, 2.24) is 5.32 Å². The second-order valence-electron chi connectivity index (χ2n) is 5.12. The summed E-state index contributed by atoms with van der Waals surface area (Å²) in [6.45, 7) is 1.38. The Hall–Kier alpha value is -2.95. The summed E-state index contributed by atoms with van der Waals surface area (Å²) in [6.07, 6.45) is 0.238. The molecular weight excluding hydrogens is 292 g/mol. The van der Waals surface area contributed by atoms with Gasteiger partial charge in [-0.15, -0.1) is 0 Å². The summed E-state index contributed by atoms with van der Waals surface area (Å²) in [5.41, 5.74) is 2.06. The first-order valence-corrected chi connectivity index (χ1v) is 7.26. The standard InChI is InChI=1S/C18H18N2O3/c1-13(21)15-7-9-16(10-8-15)20-18(23)12-19-17(22)11-14-5-3-2-4-6-14/h2-10H,11-12H2,1H3,(H,19,22)(H,20,23). The van der Waals surface area contributed by atoms with E-state index in [-0.39, 0.29) is 30.6 Å². The van der Waals surface area contributed by atoms with E-state index in [1.807, 2.05) is 30.3 Å². The molecule has 0 aliphatic rings. The predicted octanol–water partition coefficient (Wildman–Crippen LogP) is 2.19. The minimum atomic E-state index is -0.318. The molecule has 2 aromatic carbocycles. The molecule has 0 atom stereocenters. The van der Waals surface area contributed by atoms with Crippen molar-refractivity contribution in [3.8, 4) is 0 Å². The second kappa shape index (κ2) is 7.89. The number of anilines is 1. The van der Waals surface area contributed by atoms with E-state index in [4.69, 9.17) is 0 Å². The van der Waals surface area contributed by atoms with Gasteiger partial charge >= 0.3 is 0 Å². The summed E-state index contributed by atoms with van der Waals surface area (Å²) in [7, 11) is 0. The molecule has 2 rings (SSSR count). The van der Waals surface area contributed by atoms with Gasteiger partial charge in [0.2, 0.25) is 11.8 Å². The summed E-state index contributed by atoms with van der Waals surface area (Å²) in [4.78, 5) is 34.7. The van der Waals surface area contributed by atoms with Gasteiger partial charge in [0, 0.05) is 11.3 Å². The lowest BCUT2D eigenvalue weighted by Gasteiger charge is -2.07. The molecule has 0 aliphatic carbocycles. The van der Waals surface area contributed by atoms with E-state index in [0.29, 0.717) is 11.3 Å². The van der Waals surface area contributed by atoms with E-state index < -0.39 is 0 Å². The Morgan fingerprint density at radius 3 is 2.13 bits per heavy atom.